The van der Waals surface area contributed by atoms with Gasteiger partial charge in [0.15, 0.2) is 6.29 Å². The Labute approximate surface area is 291 Å². The molecule has 48 heavy (non-hydrogen) atoms. The molecule has 2 fully saturated rings. The highest BCUT2D eigenvalue weighted by Crippen LogP contribution is 2.47. The highest BCUT2D eigenvalue weighted by molar-refractivity contribution is 7.90. The van der Waals surface area contributed by atoms with Crippen LogP contribution in [0.2, 0.25) is 5.02 Å². The van der Waals surface area contributed by atoms with E-state index in [0.29, 0.717) is 36.4 Å². The van der Waals surface area contributed by atoms with Crippen molar-refractivity contribution in [2.24, 2.45) is 23.7 Å². The highest BCUT2D eigenvalue weighted by Gasteiger charge is 2.45. The summed E-state index contributed by atoms with van der Waals surface area (Å²) in [5.41, 5.74) is 3.42. The minimum Gasteiger partial charge on any atom is -0.487 e. The van der Waals surface area contributed by atoms with Gasteiger partial charge < -0.3 is 24.0 Å². The van der Waals surface area contributed by atoms with Crippen LogP contribution >= 0.6 is 11.6 Å². The van der Waals surface area contributed by atoms with Crippen molar-refractivity contribution in [3.63, 3.8) is 0 Å². The van der Waals surface area contributed by atoms with Crippen LogP contribution in [0.15, 0.2) is 36.4 Å². The van der Waals surface area contributed by atoms with Crippen LogP contribution in [0.4, 0.5) is 5.69 Å². The van der Waals surface area contributed by atoms with Crippen LogP contribution in [0.5, 0.6) is 5.75 Å². The summed E-state index contributed by atoms with van der Waals surface area (Å²) >= 11 is 6.37. The number of nitrogens with zero attached hydrogens (tertiary/aromatic N) is 2. The SMILES string of the molecule is C[C@@H]1[C@@H](C)CCC[C@H]([C@H]2OC[C@@H](CN(C)C)O2)[C@@H]2CC[C@H]2CN2CCCCc3cc(Cl)ccc3COc3ccc(cc32)C(=O)NS1(=O)=O. The molecule has 3 heterocycles. The van der Waals surface area contributed by atoms with E-state index in [1.807, 2.05) is 37.3 Å². The Hall–Kier alpha value is -2.37. The molecule has 7 atom stereocenters. The van der Waals surface area contributed by atoms with Gasteiger partial charge in [-0.15, -0.1) is 0 Å². The van der Waals surface area contributed by atoms with Crippen LogP contribution in [0.25, 0.3) is 0 Å². The van der Waals surface area contributed by atoms with Gasteiger partial charge in [-0.25, -0.2) is 13.1 Å². The van der Waals surface area contributed by atoms with Gasteiger partial charge in [-0.2, -0.15) is 0 Å². The number of fused-ring (bicyclic) bond motifs is 3. The molecule has 0 aromatic heterocycles. The van der Waals surface area contributed by atoms with Crippen molar-refractivity contribution in [2.45, 2.75) is 89.5 Å². The molecule has 264 valence electrons. The van der Waals surface area contributed by atoms with Crippen LogP contribution in [0.1, 0.15) is 80.3 Å². The van der Waals surface area contributed by atoms with E-state index in [9.17, 15) is 13.2 Å². The lowest BCUT2D eigenvalue weighted by molar-refractivity contribution is -0.134. The van der Waals surface area contributed by atoms with Crippen LogP contribution in [-0.4, -0.2) is 77.2 Å². The van der Waals surface area contributed by atoms with Crippen molar-refractivity contribution in [3.8, 4) is 5.75 Å². The number of aryl methyl sites for hydroxylation is 1. The van der Waals surface area contributed by atoms with Crippen molar-refractivity contribution in [1.29, 1.82) is 0 Å². The summed E-state index contributed by atoms with van der Waals surface area (Å²) in [5.74, 6) is 1.04. The van der Waals surface area contributed by atoms with Gasteiger partial charge in [0.25, 0.3) is 5.91 Å². The first kappa shape index (κ1) is 35.5. The summed E-state index contributed by atoms with van der Waals surface area (Å²) < 4.78 is 48.7. The summed E-state index contributed by atoms with van der Waals surface area (Å²) in [6.07, 6.45) is 7.40. The quantitative estimate of drug-likeness (QED) is 0.400. The number of rotatable bonds is 3. The molecule has 0 radical (unpaired) electrons. The maximum absolute atomic E-state index is 13.5. The minimum absolute atomic E-state index is 0.0454. The molecule has 11 heteroatoms. The average molecular weight is 702 g/mol. The number of benzene rings is 2. The molecule has 1 N–H and O–H groups in total. The van der Waals surface area contributed by atoms with E-state index in [2.05, 4.69) is 28.6 Å². The molecule has 3 aliphatic heterocycles. The van der Waals surface area contributed by atoms with E-state index in [1.54, 1.807) is 13.0 Å². The molecule has 2 bridgehead atoms. The van der Waals surface area contributed by atoms with Gasteiger partial charge in [0, 0.05) is 36.1 Å². The third-order valence-corrected chi connectivity index (χ3v) is 13.3. The highest BCUT2D eigenvalue weighted by atomic mass is 35.5. The first-order chi connectivity index (χ1) is 23.0. The molecule has 0 spiro atoms. The molecule has 1 saturated heterocycles. The second-order valence-corrected chi connectivity index (χ2v) is 17.2. The second kappa shape index (κ2) is 15.3. The van der Waals surface area contributed by atoms with Gasteiger partial charge >= 0.3 is 0 Å². The fourth-order valence-corrected chi connectivity index (χ4v) is 9.50. The zero-order valence-corrected chi connectivity index (χ0v) is 30.4. The van der Waals surface area contributed by atoms with Gasteiger partial charge in [0.05, 0.1) is 23.6 Å². The van der Waals surface area contributed by atoms with E-state index in [0.717, 1.165) is 87.3 Å². The monoisotopic (exact) mass is 701 g/mol. The van der Waals surface area contributed by atoms with Crippen molar-refractivity contribution in [2.75, 3.05) is 45.2 Å². The molecular formula is C37H52ClN3O6S. The fourth-order valence-electron chi connectivity index (χ4n) is 7.99. The van der Waals surface area contributed by atoms with Crippen molar-refractivity contribution >= 4 is 33.2 Å². The van der Waals surface area contributed by atoms with Crippen molar-refractivity contribution in [3.05, 3.63) is 58.1 Å². The van der Waals surface area contributed by atoms with Crippen molar-refractivity contribution < 1.29 is 27.4 Å². The number of anilines is 1. The molecule has 4 aliphatic rings. The van der Waals surface area contributed by atoms with E-state index < -0.39 is 21.2 Å². The number of nitrogens with one attached hydrogen (secondary N) is 1. The molecule has 9 nitrogen and oxygen atoms in total. The Bertz CT molecular complexity index is 1550. The van der Waals surface area contributed by atoms with E-state index in [4.69, 9.17) is 25.8 Å². The maximum Gasteiger partial charge on any atom is 0.264 e. The number of carbonyl (C=O) groups is 1. The van der Waals surface area contributed by atoms with Crippen LogP contribution in [0.3, 0.4) is 0 Å². The van der Waals surface area contributed by atoms with Gasteiger partial charge in [-0.05, 0) is 125 Å². The Kier molecular flexibility index (Phi) is 11.3. The number of hydrogen-bond acceptors (Lipinski definition) is 8. The number of amides is 1. The standard InChI is InChI=1S/C37H52ClN3O6S/c1-24-8-7-10-33(37-46-23-31(47-37)21-40(3)4)32-15-12-28(32)20-41-17-6-5-9-26-18-30(38)14-11-29(26)22-45-35-16-13-27(19-34(35)41)36(42)39-48(43,44)25(24)2/h11,13-14,16,18-19,24-25,28,31-33,37H,5-10,12,15,17,20-23H2,1-4H3,(H,39,42)/t24-,25+,28-,31+,32+,33-,37-/m0/s1. The predicted molar refractivity (Wildman–Crippen MR) is 189 cm³/mol. The summed E-state index contributed by atoms with van der Waals surface area (Å²) in [5, 5.41) is -0.000716. The number of halogens is 1. The summed E-state index contributed by atoms with van der Waals surface area (Å²) in [6.45, 7) is 7.07. The molecule has 0 unspecified atom stereocenters. The first-order valence-electron chi connectivity index (χ1n) is 17.8. The lowest BCUT2D eigenvalue weighted by Crippen LogP contribution is -2.45. The number of sulfonamides is 1. The molecule has 6 rings (SSSR count). The second-order valence-electron chi connectivity index (χ2n) is 14.8. The molecule has 2 aromatic rings. The number of likely N-dealkylation sites (N-methyl/N-ethyl adjacent to an activating group) is 1. The number of ether oxygens (including phenoxy) is 3. The fraction of sp³-hybridized carbons (Fsp3) is 0.649. The normalized spacial score (nSPS) is 31.4. The number of carbonyl (C=O) groups excluding carboxylic acids is 1. The van der Waals surface area contributed by atoms with E-state index in [-0.39, 0.29) is 24.2 Å². The van der Waals surface area contributed by atoms with Gasteiger partial charge in [0.2, 0.25) is 10.0 Å². The topological polar surface area (TPSA) is 97.4 Å². The van der Waals surface area contributed by atoms with E-state index >= 15 is 0 Å². The third-order valence-electron chi connectivity index (χ3n) is 11.1. The van der Waals surface area contributed by atoms with Gasteiger partial charge in [-0.1, -0.05) is 31.0 Å². The predicted octanol–water partition coefficient (Wildman–Crippen LogP) is 6.28. The van der Waals surface area contributed by atoms with Crippen molar-refractivity contribution in [1.82, 2.24) is 9.62 Å². The lowest BCUT2D eigenvalue weighted by atomic mass is 9.65. The molecule has 2 aromatic carbocycles. The average Bonchev–Trinajstić information content (AvgIpc) is 3.48. The van der Waals surface area contributed by atoms with Crippen LogP contribution in [-0.2, 0) is 32.5 Å². The summed E-state index contributed by atoms with van der Waals surface area (Å²) in [4.78, 5) is 18.0. The maximum atomic E-state index is 13.5. The van der Waals surface area contributed by atoms with E-state index in [1.165, 1.54) is 5.56 Å². The zero-order valence-electron chi connectivity index (χ0n) is 28.8. The molecule has 1 aliphatic carbocycles. The van der Waals surface area contributed by atoms with Crippen LogP contribution in [0, 0.1) is 23.7 Å². The van der Waals surface area contributed by atoms with Gasteiger partial charge in [-0.3, -0.25) is 4.79 Å². The minimum atomic E-state index is -3.90. The van der Waals surface area contributed by atoms with Gasteiger partial charge in [0.1, 0.15) is 12.4 Å². The summed E-state index contributed by atoms with van der Waals surface area (Å²) in [7, 11) is 0.210. The smallest absolute Gasteiger partial charge is 0.264 e. The number of hydrogen-bond donors (Lipinski definition) is 1. The Morgan fingerprint density at radius 1 is 0.979 bits per heavy atom. The van der Waals surface area contributed by atoms with Crippen LogP contribution < -0.4 is 14.4 Å². The Morgan fingerprint density at radius 3 is 2.58 bits per heavy atom. The molecule has 1 amide bonds. The Balaban J connectivity index is 1.35. The zero-order chi connectivity index (χ0) is 34.0. The molecular weight excluding hydrogens is 650 g/mol. The Morgan fingerprint density at radius 2 is 1.81 bits per heavy atom. The first-order valence-corrected chi connectivity index (χ1v) is 19.7. The lowest BCUT2D eigenvalue weighted by Gasteiger charge is -2.46. The largest absolute Gasteiger partial charge is 0.487 e. The molecule has 1 saturated carbocycles. The summed E-state index contributed by atoms with van der Waals surface area (Å²) in [6, 6.07) is 11.3. The third kappa shape index (κ3) is 8.15.